The van der Waals surface area contributed by atoms with E-state index in [0.29, 0.717) is 27.9 Å². The maximum Gasteiger partial charge on any atom is 0.263 e. The summed E-state index contributed by atoms with van der Waals surface area (Å²) >= 11 is 12.7. The molecule has 1 saturated carbocycles. The Morgan fingerprint density at radius 1 is 1.16 bits per heavy atom. The number of pyridine rings is 1. The maximum atomic E-state index is 13.4. The molecule has 1 unspecified atom stereocenters. The van der Waals surface area contributed by atoms with Crippen molar-refractivity contribution in [2.75, 3.05) is 29.9 Å². The third-order valence-electron chi connectivity index (χ3n) is 8.84. The van der Waals surface area contributed by atoms with E-state index in [2.05, 4.69) is 38.9 Å². The third kappa shape index (κ3) is 5.97. The number of fused-ring (bicyclic) bond motifs is 1. The number of carbonyl (C=O) groups excluding carboxylic acids is 2. The summed E-state index contributed by atoms with van der Waals surface area (Å²) < 4.78 is 2.84. The molecule has 0 radical (unpaired) electrons. The minimum atomic E-state index is -0.886. The van der Waals surface area contributed by atoms with Crippen molar-refractivity contribution in [1.29, 1.82) is 0 Å². The van der Waals surface area contributed by atoms with Gasteiger partial charge >= 0.3 is 0 Å². The number of aromatic hydroxyl groups is 1. The van der Waals surface area contributed by atoms with Crippen LogP contribution >= 0.6 is 23.2 Å². The number of halogens is 2. The van der Waals surface area contributed by atoms with E-state index < -0.39 is 17.6 Å². The molecule has 1 saturated heterocycles. The van der Waals surface area contributed by atoms with Gasteiger partial charge in [-0.1, -0.05) is 23.2 Å². The van der Waals surface area contributed by atoms with E-state index in [-0.39, 0.29) is 39.8 Å². The number of aryl methyl sites for hydroxylation is 1. The lowest BCUT2D eigenvalue weighted by atomic mass is 10.0. The first kappa shape index (κ1) is 30.9. The molecule has 2 atom stereocenters. The molecule has 2 fully saturated rings. The zero-order chi connectivity index (χ0) is 32.2. The molecular formula is C31H34Cl2N8O4. The quantitative estimate of drug-likeness (QED) is 0.260. The molecule has 4 N–H and O–H groups in total. The Kier molecular flexibility index (Phi) is 8.23. The van der Waals surface area contributed by atoms with Crippen molar-refractivity contribution in [2.45, 2.75) is 45.3 Å². The molecule has 12 nitrogen and oxygen atoms in total. The normalized spacial score (nSPS) is 17.9. The van der Waals surface area contributed by atoms with Crippen LogP contribution in [0.4, 0.5) is 11.5 Å². The smallest absolute Gasteiger partial charge is 0.263 e. The van der Waals surface area contributed by atoms with E-state index in [1.54, 1.807) is 19.3 Å². The second-order valence-electron chi connectivity index (χ2n) is 11.9. The first-order valence-electron chi connectivity index (χ1n) is 14.8. The largest absolute Gasteiger partial charge is 0.506 e. The molecule has 45 heavy (non-hydrogen) atoms. The van der Waals surface area contributed by atoms with Gasteiger partial charge in [-0.25, -0.2) is 9.97 Å². The molecule has 236 valence electrons. The number of benzene rings is 1. The van der Waals surface area contributed by atoms with E-state index in [0.717, 1.165) is 31.4 Å². The molecule has 1 aliphatic carbocycles. The predicted molar refractivity (Wildman–Crippen MR) is 174 cm³/mol. The van der Waals surface area contributed by atoms with Gasteiger partial charge in [-0.15, -0.1) is 0 Å². The second-order valence-corrected chi connectivity index (χ2v) is 12.7. The first-order valence-corrected chi connectivity index (χ1v) is 15.5. The van der Waals surface area contributed by atoms with Crippen LogP contribution in [-0.4, -0.2) is 72.6 Å². The Bertz CT molecular complexity index is 1890. The van der Waals surface area contributed by atoms with Crippen LogP contribution in [0.1, 0.15) is 37.0 Å². The molecule has 6 rings (SSSR count). The molecule has 0 bridgehead atoms. The van der Waals surface area contributed by atoms with Crippen LogP contribution in [0.5, 0.6) is 5.75 Å². The van der Waals surface area contributed by atoms with Gasteiger partial charge in [0.2, 0.25) is 5.91 Å². The Labute approximate surface area is 269 Å². The molecule has 1 aromatic carbocycles. The van der Waals surface area contributed by atoms with Crippen LogP contribution in [0.25, 0.3) is 22.2 Å². The molecule has 3 aromatic heterocycles. The number of nitrogens with one attached hydrogen (secondary N) is 1. The average Bonchev–Trinajstić information content (AvgIpc) is 3.79. The lowest BCUT2D eigenvalue weighted by molar-refractivity contribution is -0.116. The minimum absolute atomic E-state index is 0.114. The van der Waals surface area contributed by atoms with Crippen LogP contribution < -0.4 is 21.5 Å². The zero-order valence-corrected chi connectivity index (χ0v) is 26.6. The van der Waals surface area contributed by atoms with Crippen LogP contribution in [0.15, 0.2) is 41.7 Å². The standard InChI is InChI=1S/C31H34Cl2N8O4/c1-16-12-39(17(2)18-4-5-18)6-7-41(16)25-10-24(23(33)11-35-25)37-26(42)14-40-13-21(27-30(40)36-15-38(3)31(27)45)19-8-20(29(34)44)28(43)22(32)9-19/h8-11,13,15-18,43H,4-7,12,14H2,1-3H3,(H2,34,44)(H,35,37,42)/t16-,17?/m0/s1. The summed E-state index contributed by atoms with van der Waals surface area (Å²) in [6, 6.07) is 5.37. The summed E-state index contributed by atoms with van der Waals surface area (Å²) in [4.78, 5) is 52.3. The SMILES string of the molecule is CC(C1CC1)N1CCN(c2cc(NC(=O)Cn3cc(-c4cc(Cl)c(O)c(C(N)=O)c4)c4c(=O)n(C)cnc43)c(Cl)cn2)[C@@H](C)C1. The summed E-state index contributed by atoms with van der Waals surface area (Å²) in [5.41, 5.74) is 6.25. The van der Waals surface area contributed by atoms with Gasteiger partial charge in [-0.3, -0.25) is 19.3 Å². The number of primary amides is 1. The minimum Gasteiger partial charge on any atom is -0.506 e. The zero-order valence-electron chi connectivity index (χ0n) is 25.1. The lowest BCUT2D eigenvalue weighted by Gasteiger charge is -2.43. The van der Waals surface area contributed by atoms with Crippen molar-refractivity contribution in [3.63, 3.8) is 0 Å². The number of carbonyl (C=O) groups is 2. The Morgan fingerprint density at radius 2 is 1.91 bits per heavy atom. The fourth-order valence-corrected chi connectivity index (χ4v) is 6.51. The topological polar surface area (TPSA) is 152 Å². The van der Waals surface area contributed by atoms with Gasteiger partial charge in [-0.05, 0) is 50.3 Å². The van der Waals surface area contributed by atoms with E-state index in [1.165, 1.54) is 46.6 Å². The maximum absolute atomic E-state index is 13.4. The number of rotatable bonds is 8. The Hall–Kier alpha value is -4.13. The summed E-state index contributed by atoms with van der Waals surface area (Å²) in [5.74, 6) is -0.216. The van der Waals surface area contributed by atoms with Crippen molar-refractivity contribution >= 4 is 57.6 Å². The molecule has 0 spiro atoms. The summed E-state index contributed by atoms with van der Waals surface area (Å²) in [5, 5.41) is 13.5. The van der Waals surface area contributed by atoms with Gasteiger partial charge in [0.1, 0.15) is 23.8 Å². The number of amides is 2. The van der Waals surface area contributed by atoms with E-state index in [4.69, 9.17) is 28.9 Å². The molecule has 2 aliphatic rings. The highest BCUT2D eigenvalue weighted by Crippen LogP contribution is 2.37. The third-order valence-corrected chi connectivity index (χ3v) is 9.43. The summed E-state index contributed by atoms with van der Waals surface area (Å²) in [7, 11) is 1.55. The highest BCUT2D eigenvalue weighted by Gasteiger charge is 2.35. The predicted octanol–water partition coefficient (Wildman–Crippen LogP) is 3.86. The highest BCUT2D eigenvalue weighted by molar-refractivity contribution is 6.34. The number of anilines is 2. The number of nitrogens with zero attached hydrogens (tertiary/aromatic N) is 6. The molecular weight excluding hydrogens is 619 g/mol. The monoisotopic (exact) mass is 652 g/mol. The summed E-state index contributed by atoms with van der Waals surface area (Å²) in [6.45, 7) is 6.99. The fourth-order valence-electron chi connectivity index (χ4n) is 6.14. The van der Waals surface area contributed by atoms with Crippen molar-refractivity contribution in [3.05, 3.63) is 62.9 Å². The van der Waals surface area contributed by atoms with Gasteiger partial charge in [-0.2, -0.15) is 0 Å². The van der Waals surface area contributed by atoms with Crippen molar-refractivity contribution in [2.24, 2.45) is 18.7 Å². The van der Waals surface area contributed by atoms with E-state index in [1.807, 2.05) is 0 Å². The van der Waals surface area contributed by atoms with Crippen LogP contribution in [-0.2, 0) is 18.4 Å². The van der Waals surface area contributed by atoms with Gasteiger partial charge in [0, 0.05) is 56.6 Å². The van der Waals surface area contributed by atoms with E-state index >= 15 is 0 Å². The van der Waals surface area contributed by atoms with Crippen LogP contribution in [0.3, 0.4) is 0 Å². The van der Waals surface area contributed by atoms with Crippen molar-refractivity contribution in [3.8, 4) is 16.9 Å². The van der Waals surface area contributed by atoms with E-state index in [9.17, 15) is 19.5 Å². The lowest BCUT2D eigenvalue weighted by Crippen LogP contribution is -2.55. The average molecular weight is 654 g/mol. The number of hydrogen-bond acceptors (Lipinski definition) is 8. The molecule has 4 heterocycles. The first-order chi connectivity index (χ1) is 21.4. The number of phenols is 1. The number of aromatic nitrogens is 4. The second kappa shape index (κ2) is 12.0. The van der Waals surface area contributed by atoms with Crippen LogP contribution in [0, 0.1) is 5.92 Å². The molecule has 2 amide bonds. The van der Waals surface area contributed by atoms with Gasteiger partial charge in [0.05, 0.1) is 39.2 Å². The van der Waals surface area contributed by atoms with Gasteiger partial charge < -0.3 is 30.2 Å². The summed E-state index contributed by atoms with van der Waals surface area (Å²) in [6.07, 6.45) is 7.10. The molecule has 14 heteroatoms. The number of nitrogens with two attached hydrogens (primary N) is 1. The van der Waals surface area contributed by atoms with Crippen LogP contribution in [0.2, 0.25) is 10.0 Å². The molecule has 1 aliphatic heterocycles. The van der Waals surface area contributed by atoms with Crippen molar-refractivity contribution in [1.82, 2.24) is 24.0 Å². The van der Waals surface area contributed by atoms with Gasteiger partial charge in [0.25, 0.3) is 11.5 Å². The Morgan fingerprint density at radius 3 is 2.60 bits per heavy atom. The Balaban J connectivity index is 1.26. The van der Waals surface area contributed by atoms with Crippen molar-refractivity contribution < 1.29 is 14.7 Å². The fraction of sp³-hybridized carbons (Fsp3) is 0.387. The number of hydrogen-bond donors (Lipinski definition) is 3. The number of piperazine rings is 1. The molecule has 4 aromatic rings. The highest BCUT2D eigenvalue weighted by atomic mass is 35.5. The van der Waals surface area contributed by atoms with Gasteiger partial charge in [0.15, 0.2) is 0 Å².